The summed E-state index contributed by atoms with van der Waals surface area (Å²) in [6.45, 7) is 4.10. The molecule has 0 aliphatic heterocycles. The van der Waals surface area contributed by atoms with E-state index < -0.39 is 10.5 Å². The standard InChI is InChI=1S/C10H13N5O2/c1-10(2,6-12)14-9-4-3-8(15(16)17)7(5-11)13-9/h3-4H,6,12H2,1-2H3,(H,13,14). The van der Waals surface area contributed by atoms with Crippen LogP contribution in [0.25, 0.3) is 0 Å². The summed E-state index contributed by atoms with van der Waals surface area (Å²) in [6, 6.07) is 4.40. The molecule has 3 N–H and O–H groups in total. The number of nitrogens with one attached hydrogen (secondary N) is 1. The highest BCUT2D eigenvalue weighted by atomic mass is 16.6. The van der Waals surface area contributed by atoms with Gasteiger partial charge in [-0.05, 0) is 19.9 Å². The van der Waals surface area contributed by atoms with E-state index in [4.69, 9.17) is 11.0 Å². The number of pyridine rings is 1. The number of nitriles is 1. The third-order valence-electron chi connectivity index (χ3n) is 2.15. The molecule has 7 nitrogen and oxygen atoms in total. The Hall–Kier alpha value is -2.20. The molecular weight excluding hydrogens is 222 g/mol. The number of hydrogen-bond acceptors (Lipinski definition) is 6. The normalized spacial score (nSPS) is 10.7. The summed E-state index contributed by atoms with van der Waals surface area (Å²) >= 11 is 0. The number of rotatable bonds is 4. The number of anilines is 1. The first-order chi connectivity index (χ1) is 7.89. The lowest BCUT2D eigenvalue weighted by atomic mass is 10.1. The molecule has 0 aromatic carbocycles. The maximum absolute atomic E-state index is 10.6. The van der Waals surface area contributed by atoms with E-state index in [1.54, 1.807) is 6.07 Å². The monoisotopic (exact) mass is 235 g/mol. The molecule has 0 bridgehead atoms. The molecule has 0 aliphatic carbocycles. The zero-order valence-electron chi connectivity index (χ0n) is 9.60. The third kappa shape index (κ3) is 3.12. The third-order valence-corrected chi connectivity index (χ3v) is 2.15. The zero-order chi connectivity index (χ0) is 13.1. The van der Waals surface area contributed by atoms with Crippen LogP contribution in [0, 0.1) is 21.4 Å². The van der Waals surface area contributed by atoms with Crippen LogP contribution < -0.4 is 11.1 Å². The van der Waals surface area contributed by atoms with E-state index >= 15 is 0 Å². The second kappa shape index (κ2) is 4.76. The van der Waals surface area contributed by atoms with E-state index in [0.29, 0.717) is 12.4 Å². The largest absolute Gasteiger partial charge is 0.364 e. The van der Waals surface area contributed by atoms with E-state index in [9.17, 15) is 10.1 Å². The average molecular weight is 235 g/mol. The molecule has 7 heteroatoms. The number of hydrogen-bond donors (Lipinski definition) is 2. The van der Waals surface area contributed by atoms with Crippen molar-refractivity contribution in [3.63, 3.8) is 0 Å². The smallest absolute Gasteiger partial charge is 0.305 e. The molecule has 1 aromatic heterocycles. The molecule has 90 valence electrons. The molecule has 17 heavy (non-hydrogen) atoms. The maximum atomic E-state index is 10.6. The van der Waals surface area contributed by atoms with Crippen LogP contribution in [0.15, 0.2) is 12.1 Å². The fourth-order valence-corrected chi connectivity index (χ4v) is 1.15. The lowest BCUT2D eigenvalue weighted by Gasteiger charge is -2.24. The van der Waals surface area contributed by atoms with Crippen LogP contribution in [-0.2, 0) is 0 Å². The maximum Gasteiger partial charge on any atom is 0.305 e. The topological polar surface area (TPSA) is 118 Å². The van der Waals surface area contributed by atoms with Gasteiger partial charge in [-0.25, -0.2) is 4.98 Å². The van der Waals surface area contributed by atoms with Crippen LogP contribution >= 0.6 is 0 Å². The van der Waals surface area contributed by atoms with Gasteiger partial charge >= 0.3 is 5.69 Å². The van der Waals surface area contributed by atoms with Crippen molar-refractivity contribution in [2.45, 2.75) is 19.4 Å². The van der Waals surface area contributed by atoms with E-state index in [1.807, 2.05) is 13.8 Å². The number of nitrogens with two attached hydrogens (primary N) is 1. The van der Waals surface area contributed by atoms with E-state index in [0.717, 1.165) is 0 Å². The van der Waals surface area contributed by atoms with Gasteiger partial charge in [0.2, 0.25) is 5.69 Å². The van der Waals surface area contributed by atoms with Crippen molar-refractivity contribution >= 4 is 11.5 Å². The van der Waals surface area contributed by atoms with Crippen LogP contribution in [0.2, 0.25) is 0 Å². The molecule has 0 amide bonds. The molecule has 1 aromatic rings. The molecule has 1 rings (SSSR count). The van der Waals surface area contributed by atoms with E-state index in [2.05, 4.69) is 10.3 Å². The van der Waals surface area contributed by atoms with Gasteiger partial charge in [0, 0.05) is 18.2 Å². The fourth-order valence-electron chi connectivity index (χ4n) is 1.15. The summed E-state index contributed by atoms with van der Waals surface area (Å²) < 4.78 is 0. The number of aromatic nitrogens is 1. The molecular formula is C10H13N5O2. The van der Waals surface area contributed by atoms with Crippen molar-refractivity contribution in [1.29, 1.82) is 5.26 Å². The van der Waals surface area contributed by atoms with Crippen LogP contribution in [0.1, 0.15) is 19.5 Å². The Morgan fingerprint density at radius 3 is 2.76 bits per heavy atom. The van der Waals surface area contributed by atoms with Gasteiger partial charge in [-0.15, -0.1) is 0 Å². The van der Waals surface area contributed by atoms with Gasteiger partial charge in [-0.2, -0.15) is 5.26 Å². The Bertz CT molecular complexity index is 478. The Morgan fingerprint density at radius 1 is 1.65 bits per heavy atom. The molecule has 0 unspecified atom stereocenters. The van der Waals surface area contributed by atoms with Gasteiger partial charge in [-0.3, -0.25) is 10.1 Å². The Balaban J connectivity index is 3.07. The minimum atomic E-state index is -0.636. The molecule has 0 aliphatic rings. The SMILES string of the molecule is CC(C)(CN)Nc1ccc([N+](=O)[O-])c(C#N)n1. The second-order valence-corrected chi connectivity index (χ2v) is 4.15. The van der Waals surface area contributed by atoms with E-state index in [1.165, 1.54) is 12.1 Å². The summed E-state index contributed by atoms with van der Waals surface area (Å²) in [5, 5.41) is 22.4. The van der Waals surface area contributed by atoms with E-state index in [-0.39, 0.29) is 11.4 Å². The van der Waals surface area contributed by atoms with Gasteiger partial charge in [0.1, 0.15) is 11.9 Å². The number of nitro groups is 1. The first kappa shape index (κ1) is 12.9. The highest BCUT2D eigenvalue weighted by molar-refractivity contribution is 5.51. The Morgan fingerprint density at radius 2 is 2.29 bits per heavy atom. The summed E-state index contributed by atoms with van der Waals surface area (Å²) in [4.78, 5) is 13.8. The predicted molar refractivity (Wildman–Crippen MR) is 62.4 cm³/mol. The molecule has 0 spiro atoms. The van der Waals surface area contributed by atoms with Crippen LogP contribution in [0.3, 0.4) is 0 Å². The van der Waals surface area contributed by atoms with Crippen molar-refractivity contribution in [2.75, 3.05) is 11.9 Å². The highest BCUT2D eigenvalue weighted by Crippen LogP contribution is 2.20. The lowest BCUT2D eigenvalue weighted by molar-refractivity contribution is -0.385. The van der Waals surface area contributed by atoms with Crippen LogP contribution in [0.5, 0.6) is 0 Å². The van der Waals surface area contributed by atoms with Crippen LogP contribution in [-0.4, -0.2) is 22.0 Å². The first-order valence-electron chi connectivity index (χ1n) is 4.93. The summed E-state index contributed by atoms with van der Waals surface area (Å²) in [5.41, 5.74) is 4.63. The van der Waals surface area contributed by atoms with Gasteiger partial charge in [0.05, 0.1) is 4.92 Å². The molecule has 0 radical (unpaired) electrons. The number of nitrogens with zero attached hydrogens (tertiary/aromatic N) is 3. The molecule has 0 fully saturated rings. The van der Waals surface area contributed by atoms with Gasteiger partial charge in [0.25, 0.3) is 0 Å². The summed E-state index contributed by atoms with van der Waals surface area (Å²) in [7, 11) is 0. The summed E-state index contributed by atoms with van der Waals surface area (Å²) in [5.74, 6) is 0.391. The zero-order valence-corrected chi connectivity index (χ0v) is 9.60. The molecule has 0 atom stereocenters. The van der Waals surface area contributed by atoms with Crippen molar-refractivity contribution in [3.8, 4) is 6.07 Å². The molecule has 1 heterocycles. The second-order valence-electron chi connectivity index (χ2n) is 4.15. The fraction of sp³-hybridized carbons (Fsp3) is 0.400. The highest BCUT2D eigenvalue weighted by Gasteiger charge is 2.19. The summed E-state index contributed by atoms with van der Waals surface area (Å²) in [6.07, 6.45) is 0. The van der Waals surface area contributed by atoms with Crippen molar-refractivity contribution in [1.82, 2.24) is 4.98 Å². The first-order valence-corrected chi connectivity index (χ1v) is 4.93. The minimum absolute atomic E-state index is 0.215. The van der Waals surface area contributed by atoms with Crippen molar-refractivity contribution < 1.29 is 4.92 Å². The lowest BCUT2D eigenvalue weighted by Crippen LogP contribution is -2.39. The molecule has 0 saturated heterocycles. The van der Waals surface area contributed by atoms with Gasteiger partial charge in [0.15, 0.2) is 0 Å². The van der Waals surface area contributed by atoms with Gasteiger partial charge < -0.3 is 11.1 Å². The predicted octanol–water partition coefficient (Wildman–Crippen LogP) is 1.01. The Labute approximate surface area is 98.4 Å². The molecule has 0 saturated carbocycles. The quantitative estimate of drug-likeness (QED) is 0.594. The van der Waals surface area contributed by atoms with Crippen molar-refractivity contribution in [3.05, 3.63) is 27.9 Å². The Kier molecular flexibility index (Phi) is 3.60. The van der Waals surface area contributed by atoms with Crippen LogP contribution in [0.4, 0.5) is 11.5 Å². The average Bonchev–Trinajstić information content (AvgIpc) is 2.28. The minimum Gasteiger partial charge on any atom is -0.364 e. The van der Waals surface area contributed by atoms with Gasteiger partial charge in [-0.1, -0.05) is 0 Å². The van der Waals surface area contributed by atoms with Crippen molar-refractivity contribution in [2.24, 2.45) is 5.73 Å².